The fourth-order valence-corrected chi connectivity index (χ4v) is 1.45. The smallest absolute Gasteiger partial charge is 0.170 e. The first kappa shape index (κ1) is 6.48. The molecule has 1 aromatic rings. The van der Waals surface area contributed by atoms with Gasteiger partial charge in [-0.3, -0.25) is 0 Å². The minimum absolute atomic E-state index is 0.975. The SMILES string of the molecule is Cc1ccc(SI)o1. The lowest BCUT2D eigenvalue weighted by atomic mass is 10.5. The molecule has 1 aromatic heterocycles. The molecule has 1 heterocycles. The van der Waals surface area contributed by atoms with Crippen molar-refractivity contribution in [2.24, 2.45) is 0 Å². The quantitative estimate of drug-likeness (QED) is 0.700. The Morgan fingerprint density at radius 2 is 2.38 bits per heavy atom. The summed E-state index contributed by atoms with van der Waals surface area (Å²) in [5.74, 6) is 0.976. The summed E-state index contributed by atoms with van der Waals surface area (Å²) in [6.07, 6.45) is 0. The monoisotopic (exact) mass is 240 g/mol. The molecule has 1 rings (SSSR count). The molecular formula is C5H5IOS. The van der Waals surface area contributed by atoms with Crippen LogP contribution in [0.3, 0.4) is 0 Å². The Morgan fingerprint density at radius 1 is 1.62 bits per heavy atom. The maximum absolute atomic E-state index is 5.19. The highest BCUT2D eigenvalue weighted by molar-refractivity contribution is 14.2. The molecule has 0 unspecified atom stereocenters. The summed E-state index contributed by atoms with van der Waals surface area (Å²) in [7, 11) is 1.59. The molecule has 0 atom stereocenters. The Kier molecular flexibility index (Phi) is 2.25. The average Bonchev–Trinajstić information content (AvgIpc) is 2.14. The Labute approximate surface area is 64.4 Å². The maximum Gasteiger partial charge on any atom is 0.170 e. The zero-order valence-electron chi connectivity index (χ0n) is 4.35. The Balaban J connectivity index is 2.84. The van der Waals surface area contributed by atoms with Gasteiger partial charge in [-0.15, -0.1) is 0 Å². The fraction of sp³-hybridized carbons (Fsp3) is 0.200. The van der Waals surface area contributed by atoms with E-state index in [1.807, 2.05) is 19.1 Å². The molecule has 0 N–H and O–H groups in total. The van der Waals surface area contributed by atoms with Crippen molar-refractivity contribution in [3.8, 4) is 0 Å². The number of hydrogen-bond donors (Lipinski definition) is 0. The van der Waals surface area contributed by atoms with Gasteiger partial charge in [-0.2, -0.15) is 0 Å². The van der Waals surface area contributed by atoms with E-state index in [2.05, 4.69) is 21.2 Å². The van der Waals surface area contributed by atoms with Crippen LogP contribution in [-0.4, -0.2) is 0 Å². The second-order valence-corrected chi connectivity index (χ2v) is 3.32. The van der Waals surface area contributed by atoms with Crippen molar-refractivity contribution >= 4 is 30.1 Å². The first-order valence-corrected chi connectivity index (χ1v) is 5.54. The summed E-state index contributed by atoms with van der Waals surface area (Å²) in [4.78, 5) is 0. The predicted molar refractivity (Wildman–Crippen MR) is 43.3 cm³/mol. The van der Waals surface area contributed by atoms with Gasteiger partial charge < -0.3 is 4.42 Å². The highest BCUT2D eigenvalue weighted by atomic mass is 127. The lowest BCUT2D eigenvalue weighted by Crippen LogP contribution is -1.51. The van der Waals surface area contributed by atoms with Crippen molar-refractivity contribution in [1.82, 2.24) is 0 Å². The molecule has 0 fully saturated rings. The van der Waals surface area contributed by atoms with Crippen LogP contribution in [0.25, 0.3) is 0 Å². The maximum atomic E-state index is 5.19. The van der Waals surface area contributed by atoms with E-state index in [4.69, 9.17) is 4.42 Å². The van der Waals surface area contributed by atoms with Gasteiger partial charge in [-0.05, 0) is 28.0 Å². The van der Waals surface area contributed by atoms with E-state index in [1.165, 1.54) is 0 Å². The van der Waals surface area contributed by atoms with Gasteiger partial charge in [0, 0.05) is 21.2 Å². The van der Waals surface area contributed by atoms with Crippen LogP contribution in [0.1, 0.15) is 5.76 Å². The van der Waals surface area contributed by atoms with Crippen molar-refractivity contribution in [3.63, 3.8) is 0 Å². The number of halogens is 1. The van der Waals surface area contributed by atoms with Crippen molar-refractivity contribution in [1.29, 1.82) is 0 Å². The van der Waals surface area contributed by atoms with Crippen LogP contribution in [0.15, 0.2) is 21.6 Å². The van der Waals surface area contributed by atoms with E-state index in [0.29, 0.717) is 0 Å². The fourth-order valence-electron chi connectivity index (χ4n) is 0.454. The summed E-state index contributed by atoms with van der Waals surface area (Å²) >= 11 is 2.19. The first-order valence-electron chi connectivity index (χ1n) is 2.18. The number of furan rings is 1. The van der Waals surface area contributed by atoms with Crippen LogP contribution in [0.2, 0.25) is 0 Å². The van der Waals surface area contributed by atoms with Gasteiger partial charge >= 0.3 is 0 Å². The molecule has 0 saturated heterocycles. The Bertz CT molecular complexity index is 173. The van der Waals surface area contributed by atoms with E-state index in [9.17, 15) is 0 Å². The lowest BCUT2D eigenvalue weighted by molar-refractivity contribution is 0.450. The third kappa shape index (κ3) is 1.42. The molecule has 0 amide bonds. The van der Waals surface area contributed by atoms with E-state index in [-0.39, 0.29) is 0 Å². The topological polar surface area (TPSA) is 13.1 Å². The van der Waals surface area contributed by atoms with Gasteiger partial charge in [-0.1, -0.05) is 0 Å². The summed E-state index contributed by atoms with van der Waals surface area (Å²) in [6.45, 7) is 1.94. The summed E-state index contributed by atoms with van der Waals surface area (Å²) < 4.78 is 5.19. The van der Waals surface area contributed by atoms with Crippen molar-refractivity contribution in [3.05, 3.63) is 17.9 Å². The number of rotatable bonds is 1. The van der Waals surface area contributed by atoms with Crippen LogP contribution in [0.4, 0.5) is 0 Å². The van der Waals surface area contributed by atoms with Gasteiger partial charge in [-0.25, -0.2) is 0 Å². The standard InChI is InChI=1S/C5H5IOS/c1-4-2-3-5(7-4)8-6/h2-3H,1H3. The van der Waals surface area contributed by atoms with E-state index >= 15 is 0 Å². The van der Waals surface area contributed by atoms with Gasteiger partial charge in [0.05, 0.1) is 0 Å². The Morgan fingerprint density at radius 3 is 2.62 bits per heavy atom. The first-order chi connectivity index (χ1) is 3.83. The van der Waals surface area contributed by atoms with E-state index in [0.717, 1.165) is 10.9 Å². The van der Waals surface area contributed by atoms with Gasteiger partial charge in [0.25, 0.3) is 0 Å². The van der Waals surface area contributed by atoms with Crippen molar-refractivity contribution < 1.29 is 4.42 Å². The van der Waals surface area contributed by atoms with Crippen LogP contribution in [-0.2, 0) is 0 Å². The highest BCUT2D eigenvalue weighted by Crippen LogP contribution is 2.26. The third-order valence-corrected chi connectivity index (χ3v) is 2.47. The van der Waals surface area contributed by atoms with E-state index in [1.54, 1.807) is 8.93 Å². The zero-order valence-corrected chi connectivity index (χ0v) is 7.32. The molecule has 8 heavy (non-hydrogen) atoms. The molecule has 0 bridgehead atoms. The third-order valence-electron chi connectivity index (χ3n) is 0.792. The van der Waals surface area contributed by atoms with Crippen molar-refractivity contribution in [2.45, 2.75) is 12.0 Å². The minimum atomic E-state index is 0.975. The predicted octanol–water partition coefficient (Wildman–Crippen LogP) is 3.03. The lowest BCUT2D eigenvalue weighted by Gasteiger charge is -1.80. The molecule has 44 valence electrons. The van der Waals surface area contributed by atoms with Crippen LogP contribution >= 0.6 is 30.1 Å². The summed E-state index contributed by atoms with van der Waals surface area (Å²) in [6, 6.07) is 3.92. The molecule has 0 saturated carbocycles. The minimum Gasteiger partial charge on any atom is -0.454 e. The largest absolute Gasteiger partial charge is 0.454 e. The zero-order chi connectivity index (χ0) is 5.98. The highest BCUT2D eigenvalue weighted by Gasteiger charge is 1.93. The Hall–Kier alpha value is 0.360. The molecule has 0 aliphatic carbocycles. The van der Waals surface area contributed by atoms with Gasteiger partial charge in [0.2, 0.25) is 0 Å². The molecule has 0 aliphatic rings. The number of aryl methyl sites for hydroxylation is 1. The van der Waals surface area contributed by atoms with Crippen molar-refractivity contribution in [2.75, 3.05) is 0 Å². The van der Waals surface area contributed by atoms with Crippen LogP contribution in [0.5, 0.6) is 0 Å². The molecule has 0 aromatic carbocycles. The molecule has 0 radical (unpaired) electrons. The van der Waals surface area contributed by atoms with E-state index < -0.39 is 0 Å². The second kappa shape index (κ2) is 2.77. The average molecular weight is 240 g/mol. The molecular weight excluding hydrogens is 235 g/mol. The molecule has 0 aliphatic heterocycles. The molecule has 3 heteroatoms. The van der Waals surface area contributed by atoms with Gasteiger partial charge in [0.15, 0.2) is 5.09 Å². The summed E-state index contributed by atoms with van der Waals surface area (Å²) in [5.41, 5.74) is 0. The number of hydrogen-bond acceptors (Lipinski definition) is 2. The normalized spacial score (nSPS) is 9.75. The van der Waals surface area contributed by atoms with Crippen LogP contribution < -0.4 is 0 Å². The summed E-state index contributed by atoms with van der Waals surface area (Å²) in [5, 5.41) is 0.975. The second-order valence-electron chi connectivity index (χ2n) is 1.44. The molecule has 0 spiro atoms. The molecule has 1 nitrogen and oxygen atoms in total. The van der Waals surface area contributed by atoms with Crippen LogP contribution in [0, 0.1) is 6.92 Å². The van der Waals surface area contributed by atoms with Gasteiger partial charge in [0.1, 0.15) is 5.76 Å².